The van der Waals surface area contributed by atoms with Gasteiger partial charge < -0.3 is 39.2 Å². The fraction of sp³-hybridized carbons (Fsp3) is 0.364. The number of fused-ring (bicyclic) bond motifs is 1. The van der Waals surface area contributed by atoms with Crippen LogP contribution in [0.15, 0.2) is 24.8 Å². The van der Waals surface area contributed by atoms with Gasteiger partial charge in [-0.1, -0.05) is 12.2 Å². The minimum Gasteiger partial charge on any atom is -0.777 e. The van der Waals surface area contributed by atoms with Crippen LogP contribution >= 0.6 is 23.2 Å². The molecule has 18 heteroatoms. The number of allylic oxidation sites excluding steroid dienone is 1. The maximum atomic E-state index is 11.7. The minimum absolute atomic E-state index is 0.203. The van der Waals surface area contributed by atoms with Crippen LogP contribution in [0, 0.1) is 0 Å². The highest BCUT2D eigenvalue weighted by molar-refractivity contribution is 7.67. The van der Waals surface area contributed by atoms with E-state index in [-0.39, 0.29) is 18.3 Å². The van der Waals surface area contributed by atoms with Crippen molar-refractivity contribution in [2.45, 2.75) is 18.6 Å². The lowest BCUT2D eigenvalue weighted by Gasteiger charge is -2.27. The monoisotopic (exact) mass is 469 g/mol. The van der Waals surface area contributed by atoms with E-state index in [1.807, 2.05) is 0 Å². The summed E-state index contributed by atoms with van der Waals surface area (Å²) < 4.78 is 47.4. The Hall–Kier alpha value is -1.50. The van der Waals surface area contributed by atoms with E-state index in [4.69, 9.17) is 20.3 Å². The predicted octanol–water partition coefficient (Wildman–Crippen LogP) is -0.600. The zero-order valence-electron chi connectivity index (χ0n) is 14.2. The number of nitrogen functional groups attached to an aromatic ring is 1. The second-order valence-corrected chi connectivity index (χ2v) is 10.5. The number of imidazole rings is 1. The molecule has 1 aliphatic rings. The summed E-state index contributed by atoms with van der Waals surface area (Å²) in [5.74, 6) is 0.203. The molecular weight excluding hydrogens is 455 g/mol. The van der Waals surface area contributed by atoms with Gasteiger partial charge in [-0.3, -0.25) is 4.57 Å². The number of hydrogen-bond acceptors (Lipinski definition) is 12. The summed E-state index contributed by atoms with van der Waals surface area (Å²) in [5, 5.41) is 0. The number of nitrogens with two attached hydrogens (primary N) is 1. The van der Waals surface area contributed by atoms with E-state index >= 15 is 0 Å². The molecule has 5 atom stereocenters. The summed E-state index contributed by atoms with van der Waals surface area (Å²) in [6.07, 6.45) is 4.42. The molecule has 0 bridgehead atoms. The molecule has 0 fully saturated rings. The quantitative estimate of drug-likeness (QED) is 0.323. The van der Waals surface area contributed by atoms with Crippen molar-refractivity contribution in [1.82, 2.24) is 19.5 Å². The van der Waals surface area contributed by atoms with Crippen molar-refractivity contribution in [2.24, 2.45) is 0 Å². The SMILES string of the molecule is Nc1ncnc2c1ncn2[C@@H]1C=C[C@H](OCP(=O)([O-])OP(=O)(O)OP(=O)([O-])O)C1. The molecule has 0 amide bonds. The van der Waals surface area contributed by atoms with E-state index < -0.39 is 35.7 Å². The third kappa shape index (κ3) is 5.77. The van der Waals surface area contributed by atoms with E-state index in [0.29, 0.717) is 11.2 Å². The lowest BCUT2D eigenvalue weighted by molar-refractivity contribution is -0.213. The molecule has 2 heterocycles. The Morgan fingerprint density at radius 1 is 1.17 bits per heavy atom. The van der Waals surface area contributed by atoms with Gasteiger partial charge in [0.2, 0.25) is 0 Å². The lowest BCUT2D eigenvalue weighted by Crippen LogP contribution is -2.17. The molecule has 29 heavy (non-hydrogen) atoms. The van der Waals surface area contributed by atoms with Crippen LogP contribution in [0.3, 0.4) is 0 Å². The number of phosphoric acid groups is 2. The van der Waals surface area contributed by atoms with Crippen LogP contribution in [0.1, 0.15) is 12.5 Å². The van der Waals surface area contributed by atoms with Gasteiger partial charge in [-0.05, 0) is 0 Å². The molecule has 160 valence electrons. The molecule has 4 N–H and O–H groups in total. The highest BCUT2D eigenvalue weighted by atomic mass is 31.3. The lowest BCUT2D eigenvalue weighted by atomic mass is 10.2. The second-order valence-electron chi connectivity index (χ2n) is 5.82. The molecule has 0 saturated carbocycles. The molecule has 0 aliphatic heterocycles. The van der Waals surface area contributed by atoms with Gasteiger partial charge in [0.1, 0.15) is 18.2 Å². The third-order valence-corrected chi connectivity index (χ3v) is 7.58. The third-order valence-electron chi connectivity index (χ3n) is 3.65. The van der Waals surface area contributed by atoms with Crippen molar-refractivity contribution in [3.8, 4) is 0 Å². The first-order valence-corrected chi connectivity index (χ1v) is 12.4. The molecule has 2 aromatic rings. The normalized spacial score (nSPS) is 25.5. The Kier molecular flexibility index (Phi) is 6.10. The van der Waals surface area contributed by atoms with Crippen molar-refractivity contribution in [2.75, 3.05) is 12.1 Å². The van der Waals surface area contributed by atoms with Gasteiger partial charge in [0.25, 0.3) is 7.82 Å². The van der Waals surface area contributed by atoms with Gasteiger partial charge in [0.05, 0.1) is 18.5 Å². The maximum Gasteiger partial charge on any atom is 0.483 e. The molecule has 0 saturated heterocycles. The molecule has 2 aromatic heterocycles. The first kappa shape index (κ1) is 22.2. The van der Waals surface area contributed by atoms with Gasteiger partial charge >= 0.3 is 7.82 Å². The van der Waals surface area contributed by atoms with Crippen LogP contribution in [0.2, 0.25) is 0 Å². The fourth-order valence-electron chi connectivity index (χ4n) is 2.60. The number of ether oxygens (including phenoxy) is 1. The van der Waals surface area contributed by atoms with Gasteiger partial charge in [-0.15, -0.1) is 0 Å². The van der Waals surface area contributed by atoms with Crippen molar-refractivity contribution in [3.63, 3.8) is 0 Å². The van der Waals surface area contributed by atoms with Crippen LogP contribution in [0.5, 0.6) is 0 Å². The van der Waals surface area contributed by atoms with Gasteiger partial charge in [0.15, 0.2) is 19.1 Å². The van der Waals surface area contributed by atoms with Crippen LogP contribution < -0.4 is 15.5 Å². The van der Waals surface area contributed by atoms with Crippen LogP contribution in [0.25, 0.3) is 11.2 Å². The molecule has 15 nitrogen and oxygen atoms in total. The Morgan fingerprint density at radius 3 is 2.59 bits per heavy atom. The molecule has 3 unspecified atom stereocenters. The Balaban J connectivity index is 1.59. The molecule has 1 aliphatic carbocycles. The molecule has 3 rings (SSSR count). The molecule has 0 aromatic carbocycles. The average molecular weight is 469 g/mol. The zero-order chi connectivity index (χ0) is 21.4. The number of aromatic nitrogens is 4. The first-order valence-electron chi connectivity index (χ1n) is 7.67. The minimum atomic E-state index is -5.70. The van der Waals surface area contributed by atoms with E-state index in [2.05, 4.69) is 23.6 Å². The number of anilines is 1. The smallest absolute Gasteiger partial charge is 0.483 e. The zero-order valence-corrected chi connectivity index (χ0v) is 16.9. The van der Waals surface area contributed by atoms with E-state index in [1.54, 1.807) is 16.7 Å². The highest BCUT2D eigenvalue weighted by Gasteiger charge is 2.33. The summed E-state index contributed by atoms with van der Waals surface area (Å²) in [5.41, 5.74) is 6.60. The summed E-state index contributed by atoms with van der Waals surface area (Å²) >= 11 is 0. The summed E-state index contributed by atoms with van der Waals surface area (Å²) in [7, 11) is -16.5. The van der Waals surface area contributed by atoms with Crippen LogP contribution in [0.4, 0.5) is 5.82 Å². The van der Waals surface area contributed by atoms with Gasteiger partial charge in [0, 0.05) is 6.42 Å². The maximum absolute atomic E-state index is 11.7. The summed E-state index contributed by atoms with van der Waals surface area (Å²) in [4.78, 5) is 51.7. The van der Waals surface area contributed by atoms with E-state index in [1.165, 1.54) is 12.7 Å². The Labute approximate surface area is 162 Å². The van der Waals surface area contributed by atoms with Crippen molar-refractivity contribution in [3.05, 3.63) is 24.8 Å². The predicted molar refractivity (Wildman–Crippen MR) is 91.7 cm³/mol. The Morgan fingerprint density at radius 2 is 1.90 bits per heavy atom. The van der Waals surface area contributed by atoms with Crippen LogP contribution in [-0.4, -0.2) is 41.8 Å². The molecule has 0 spiro atoms. The van der Waals surface area contributed by atoms with Crippen molar-refractivity contribution >= 4 is 40.2 Å². The first-order chi connectivity index (χ1) is 13.4. The topological polar surface area (TPSA) is 235 Å². The highest BCUT2D eigenvalue weighted by Crippen LogP contribution is 2.63. The van der Waals surface area contributed by atoms with Gasteiger partial charge in [-0.2, -0.15) is 0 Å². The van der Waals surface area contributed by atoms with E-state index in [0.717, 1.165) is 0 Å². The van der Waals surface area contributed by atoms with Gasteiger partial charge in [-0.25, -0.2) is 28.1 Å². The van der Waals surface area contributed by atoms with Crippen molar-refractivity contribution < 1.29 is 46.6 Å². The summed E-state index contributed by atoms with van der Waals surface area (Å²) in [6, 6.07) is -0.292. The largest absolute Gasteiger partial charge is 0.777 e. The molecule has 0 radical (unpaired) electrons. The van der Waals surface area contributed by atoms with E-state index in [9.17, 15) is 23.5 Å². The molecular formula is C11H14N5O10P3-2. The number of nitrogens with zero attached hydrogens (tertiary/aromatic N) is 4. The fourth-order valence-corrected chi connectivity index (χ4v) is 5.85. The van der Waals surface area contributed by atoms with Crippen molar-refractivity contribution in [1.29, 1.82) is 0 Å². The van der Waals surface area contributed by atoms with Crippen LogP contribution in [-0.2, 0) is 27.1 Å². The standard InChI is InChI=1S/C11H16N5O10P3/c12-10-9-11(14-4-13-10)16(5-15-9)7-1-2-8(3-7)24-6-27(17,18)25-29(22,23)26-28(19,20)21/h1-2,4-5,7-8H,3,6H2,(H,17,18)(H,22,23)(H2,12,13,14)(H2,19,20,21)/p-2/t7-,8+/m1/s1. The second kappa shape index (κ2) is 7.97. The average Bonchev–Trinajstić information content (AvgIpc) is 3.16. The number of hydrogen-bond donors (Lipinski definition) is 3. The summed E-state index contributed by atoms with van der Waals surface area (Å²) in [6.45, 7) is 0. The number of rotatable bonds is 8. The Bertz CT molecular complexity index is 1080.